The third-order valence-corrected chi connectivity index (χ3v) is 28.8. The van der Waals surface area contributed by atoms with Gasteiger partial charge < -0.3 is 0 Å². The van der Waals surface area contributed by atoms with E-state index in [0.29, 0.717) is 0 Å². The first kappa shape index (κ1) is 64.8. The van der Waals surface area contributed by atoms with Gasteiger partial charge in [0.05, 0.1) is 24.5 Å². The maximum atomic E-state index is 15.0. The van der Waals surface area contributed by atoms with Crippen molar-refractivity contribution in [2.45, 2.75) is 88.6 Å². The third kappa shape index (κ3) is 14.0. The van der Waals surface area contributed by atoms with Crippen molar-refractivity contribution >= 4 is 81.7 Å². The topological polar surface area (TPSA) is 273 Å². The maximum Gasteiger partial charge on any atom is -0.0418 e. The van der Waals surface area contributed by atoms with Crippen LogP contribution in [0.5, 0.6) is 0 Å². The van der Waals surface area contributed by atoms with Gasteiger partial charge in [-0.15, -0.1) is 0 Å². The number of quaternary nitrogens is 2. The molecule has 0 saturated carbocycles. The monoisotopic (exact) mass is 1350 g/mol. The molecular formula is C58H58CoN2O16S8+2. The van der Waals surface area contributed by atoms with Gasteiger partial charge in [-0.25, -0.2) is 25.3 Å². The van der Waals surface area contributed by atoms with Crippen LogP contribution < -0.4 is 4.50 Å². The summed E-state index contributed by atoms with van der Waals surface area (Å²) in [4.78, 5) is -2.97. The molecule has 451 valence electrons. The van der Waals surface area contributed by atoms with Crippen molar-refractivity contribution in [1.82, 2.24) is 0 Å². The van der Waals surface area contributed by atoms with E-state index in [1.54, 1.807) is 54.4 Å². The van der Waals surface area contributed by atoms with Crippen molar-refractivity contribution in [3.05, 3.63) is 199 Å². The van der Waals surface area contributed by atoms with Gasteiger partial charge in [-0.1, -0.05) is 17.7 Å². The zero-order chi connectivity index (χ0) is 62.7. The second kappa shape index (κ2) is 23.1. The van der Waals surface area contributed by atoms with Crippen LogP contribution in [0.2, 0.25) is 0 Å². The maximum absolute atomic E-state index is 15.0. The van der Waals surface area contributed by atoms with E-state index >= 15 is 0 Å². The molecule has 0 N–H and O–H groups in total. The first-order valence-electron chi connectivity index (χ1n) is 25.2. The van der Waals surface area contributed by atoms with E-state index in [-0.39, 0.29) is 120 Å². The molecule has 0 unspecified atom stereocenters. The molecule has 0 aromatic heterocycles. The van der Waals surface area contributed by atoms with Crippen LogP contribution in [0.4, 0.5) is 0 Å². The molecule has 0 aliphatic rings. The number of hydrogen-bond donors (Lipinski definition) is 0. The van der Waals surface area contributed by atoms with Crippen LogP contribution in [0.15, 0.2) is 251 Å². The Bertz CT molecular complexity index is 4880. The minimum atomic E-state index is -4.52. The summed E-state index contributed by atoms with van der Waals surface area (Å²) in [5, 5.41) is 0. The van der Waals surface area contributed by atoms with E-state index in [0.717, 1.165) is 96.7 Å². The predicted octanol–water partition coefficient (Wildman–Crippen LogP) is 6.90. The summed E-state index contributed by atoms with van der Waals surface area (Å²) in [7, 11) is -22.8. The largest absolute Gasteiger partial charge is 0.0580 e. The number of aryl methyl sites for hydroxylation is 1. The Morgan fingerprint density at radius 1 is 0.294 bits per heavy atom. The summed E-state index contributed by atoms with van der Waals surface area (Å²) in [5.41, 5.74) is 1.14. The molecule has 0 radical (unpaired) electrons. The summed E-state index contributed by atoms with van der Waals surface area (Å²) in [5.74, 6) is 0. The van der Waals surface area contributed by atoms with Gasteiger partial charge in [0.2, 0.25) is 19.7 Å². The predicted molar refractivity (Wildman–Crippen MR) is 312 cm³/mol. The Morgan fingerprint density at radius 2 is 0.529 bits per heavy atom. The van der Waals surface area contributed by atoms with E-state index in [1.807, 2.05) is 6.92 Å². The van der Waals surface area contributed by atoms with E-state index in [9.17, 15) is 67.3 Å². The molecule has 27 heteroatoms. The van der Waals surface area contributed by atoms with Gasteiger partial charge >= 0.3 is 324 Å². The van der Waals surface area contributed by atoms with Crippen molar-refractivity contribution in [3.63, 3.8) is 0 Å². The minimum absolute atomic E-state index is 0.0227. The molecule has 8 rings (SSSR count). The fourth-order valence-corrected chi connectivity index (χ4v) is 20.7. The van der Waals surface area contributed by atoms with Gasteiger partial charge in [0.1, 0.15) is 0 Å². The standard InChI is InChI=1S/C33H39N2O8S4.C25H19O8S4.Co/c1-24-8-11-28(12-9-24)45(38,39)29-13-15-30(16-14-29)46(40,41)31-17-19-33(26(21-31)23-35(5,6)7)47(42,43)32-18-10-27(44(36)37)20-25(32)22-34(2,3)4;1-34(26,27)19-7-9-21(10-8-19)36(30,31)23-15-17-25(18-16-23)37(32,33)24-13-11-22(12-14-24)35(28,29)20-5-3-2-4-6-20;/h8-21H,22-23H2,1-7H3;3-18H,1H3;/q+2;;. The summed E-state index contributed by atoms with van der Waals surface area (Å²) in [6.07, 6.45) is 0.974. The quantitative estimate of drug-likeness (QED) is 0.0702. The summed E-state index contributed by atoms with van der Waals surface area (Å²) < 4.78 is 219. The fraction of sp³-hybridized carbons (Fsp3) is 0.172. The van der Waals surface area contributed by atoms with E-state index < -0.39 is 77.2 Å². The van der Waals surface area contributed by atoms with Gasteiger partial charge in [-0.05, 0) is 79.7 Å². The number of hydrogen-bond acceptors (Lipinski definition) is 16. The Balaban J connectivity index is 1.01. The second-order valence-corrected chi connectivity index (χ2v) is 39.8. The van der Waals surface area contributed by atoms with Gasteiger partial charge in [0, 0.05) is 6.26 Å². The van der Waals surface area contributed by atoms with Crippen molar-refractivity contribution < 1.29 is 89.9 Å². The van der Waals surface area contributed by atoms with Crippen molar-refractivity contribution in [3.8, 4) is 0 Å². The van der Waals surface area contributed by atoms with Crippen LogP contribution in [0.1, 0.15) is 16.7 Å². The molecule has 0 fully saturated rings. The van der Waals surface area contributed by atoms with Gasteiger partial charge in [0.15, 0.2) is 9.84 Å². The number of sulfone groups is 7. The Hall–Kier alpha value is -6.21. The normalized spacial score (nSPS) is 13.4. The molecule has 18 nitrogen and oxygen atoms in total. The molecule has 8 aromatic rings. The SMILES string of the molecule is Cc1ccc(S(=O)(=O)c2ccc(S(=O)(=O)c3ccc(S(=O)(=O)c4ccc([S](=O)(=O)[Co][c]5ccc(S(=O)(=O)c6ccc(S(=O)(=O)c7ccc(S(=O)(=O)c8ccc(S(C)(=O)=O)cc8)cc7)cc6)cc5)cc4C[N+](C)(C)C)c(C[N+](C)(C)C)c3)cc2)cc1. The van der Waals surface area contributed by atoms with Crippen LogP contribution >= 0.6 is 0 Å². The number of benzene rings is 8. The third-order valence-electron chi connectivity index (χ3n) is 13.0. The average Bonchev–Trinajstić information content (AvgIpc) is 1.31. The molecule has 8 aromatic carbocycles. The zero-order valence-corrected chi connectivity index (χ0v) is 54.3. The Kier molecular flexibility index (Phi) is 17.6. The number of nitrogens with zero attached hydrogens (tertiary/aromatic N) is 2. The van der Waals surface area contributed by atoms with Crippen LogP contribution in [-0.4, -0.2) is 125 Å². The van der Waals surface area contributed by atoms with Crippen LogP contribution in [0.3, 0.4) is 0 Å². The molecular weight excluding hydrogens is 1300 g/mol. The number of rotatable bonds is 20. The van der Waals surface area contributed by atoms with Crippen molar-refractivity contribution in [1.29, 1.82) is 0 Å². The Labute approximate surface area is 503 Å². The zero-order valence-electron chi connectivity index (χ0n) is 46.8. The van der Waals surface area contributed by atoms with Crippen LogP contribution in [0, 0.1) is 6.92 Å². The fourth-order valence-electron chi connectivity index (χ4n) is 8.79. The molecule has 0 heterocycles. The molecule has 0 aliphatic heterocycles. The second-order valence-electron chi connectivity index (χ2n) is 21.8. The van der Waals surface area contributed by atoms with Gasteiger partial charge in [-0.3, -0.25) is 0 Å². The molecule has 0 amide bonds. The molecule has 0 bridgehead atoms. The summed E-state index contributed by atoms with van der Waals surface area (Å²) in [6.45, 7) is 1.87. The van der Waals surface area contributed by atoms with Crippen LogP contribution in [-0.2, 0) is 104 Å². The summed E-state index contributed by atoms with van der Waals surface area (Å²) in [6, 6.07) is 36.3. The van der Waals surface area contributed by atoms with Crippen molar-refractivity contribution in [2.75, 3.05) is 48.5 Å². The molecule has 0 spiro atoms. The van der Waals surface area contributed by atoms with Gasteiger partial charge in [0.25, 0.3) is 0 Å². The first-order valence-corrected chi connectivity index (χ1v) is 39.1. The van der Waals surface area contributed by atoms with Gasteiger partial charge in [-0.2, -0.15) is 0 Å². The Morgan fingerprint density at radius 3 is 0.824 bits per heavy atom. The van der Waals surface area contributed by atoms with E-state index in [4.69, 9.17) is 0 Å². The van der Waals surface area contributed by atoms with E-state index in [2.05, 4.69) is 0 Å². The molecule has 0 aliphatic carbocycles. The van der Waals surface area contributed by atoms with Crippen molar-refractivity contribution in [2.24, 2.45) is 0 Å². The molecule has 85 heavy (non-hydrogen) atoms. The molecule has 0 saturated heterocycles. The van der Waals surface area contributed by atoms with Crippen LogP contribution in [0.25, 0.3) is 0 Å². The minimum Gasteiger partial charge on any atom is -0.0580 e. The smallest absolute Gasteiger partial charge is 0.0418 e. The average molecular weight is 1350 g/mol. The molecule has 0 atom stereocenters. The first-order chi connectivity index (χ1) is 39.1. The van der Waals surface area contributed by atoms with E-state index in [1.165, 1.54) is 84.9 Å². The summed E-state index contributed by atoms with van der Waals surface area (Å²) >= 11 is -0.250.